The van der Waals surface area contributed by atoms with Crippen molar-refractivity contribution in [3.63, 3.8) is 0 Å². The van der Waals surface area contributed by atoms with Crippen LogP contribution in [0.1, 0.15) is 92.9 Å². The number of nitrogens with one attached hydrogen (secondary N) is 1. The number of hydrogen-bond donors (Lipinski definition) is 1. The summed E-state index contributed by atoms with van der Waals surface area (Å²) in [4.78, 5) is 49.3. The number of pyridine rings is 1. The van der Waals surface area contributed by atoms with Crippen LogP contribution in [0.3, 0.4) is 0 Å². The maximum atomic E-state index is 15.1. The van der Waals surface area contributed by atoms with Crippen LogP contribution in [0, 0.1) is 0 Å². The van der Waals surface area contributed by atoms with Gasteiger partial charge < -0.3 is 24.1 Å². The first-order valence-corrected chi connectivity index (χ1v) is 21.0. The molecule has 2 amide bonds. The standard InChI is InChI=1S/C36H57FN6O6Si/c1-33(2,3)49-32(46)43-27-13-14-29(39-26(27)22-38-43)40-30(44)28-21-25(37)23-42(28)31(45)36(15-11-10-12-16-36)41-19-17-35(47-7,18-20-41)24-48-50(8,9)34(4,5)6/h13-14,22,25,28H,10-12,15-21,23-24H2,1-9H3,(H,39,40,44)/t25-,28-/m1/s1. The Morgan fingerprint density at radius 1 is 1.02 bits per heavy atom. The number of alkyl halides is 1. The average Bonchev–Trinajstić information content (AvgIpc) is 3.66. The first-order valence-electron chi connectivity index (χ1n) is 18.1. The van der Waals surface area contributed by atoms with Crippen LogP contribution in [-0.2, 0) is 23.5 Å². The summed E-state index contributed by atoms with van der Waals surface area (Å²) in [6.45, 7) is 18.2. The highest BCUT2D eigenvalue weighted by molar-refractivity contribution is 6.74. The summed E-state index contributed by atoms with van der Waals surface area (Å²) in [6, 6.07) is 2.21. The third-order valence-corrected chi connectivity index (χ3v) is 15.8. The van der Waals surface area contributed by atoms with Crippen LogP contribution in [0.25, 0.3) is 11.0 Å². The predicted molar refractivity (Wildman–Crippen MR) is 192 cm³/mol. The van der Waals surface area contributed by atoms with E-state index in [9.17, 15) is 14.4 Å². The second-order valence-corrected chi connectivity index (χ2v) is 21.8. The Morgan fingerprint density at radius 2 is 1.68 bits per heavy atom. The minimum atomic E-state index is -1.99. The van der Waals surface area contributed by atoms with Crippen LogP contribution in [0.4, 0.5) is 15.0 Å². The Balaban J connectivity index is 1.30. The molecule has 1 aliphatic carbocycles. The summed E-state index contributed by atoms with van der Waals surface area (Å²) in [5.41, 5.74) is -1.13. The molecule has 2 aromatic heterocycles. The van der Waals surface area contributed by atoms with Gasteiger partial charge in [-0.3, -0.25) is 14.5 Å². The molecule has 4 heterocycles. The number of anilines is 1. The third kappa shape index (κ3) is 7.92. The van der Waals surface area contributed by atoms with Gasteiger partial charge in [0.1, 0.15) is 34.7 Å². The summed E-state index contributed by atoms with van der Waals surface area (Å²) >= 11 is 0. The maximum Gasteiger partial charge on any atom is 0.435 e. The van der Waals surface area contributed by atoms with Gasteiger partial charge in [0.15, 0.2) is 8.32 Å². The van der Waals surface area contributed by atoms with Crippen LogP contribution in [0.15, 0.2) is 18.3 Å². The first kappa shape index (κ1) is 38.3. The molecule has 1 N–H and O–H groups in total. The number of amides is 2. The Morgan fingerprint density at radius 3 is 2.28 bits per heavy atom. The van der Waals surface area contributed by atoms with Gasteiger partial charge in [-0.15, -0.1) is 0 Å². The number of rotatable bonds is 8. The van der Waals surface area contributed by atoms with Crippen molar-refractivity contribution in [1.82, 2.24) is 24.6 Å². The molecule has 5 rings (SSSR count). The molecule has 3 fully saturated rings. The predicted octanol–water partition coefficient (Wildman–Crippen LogP) is 6.30. The number of hydrogen-bond acceptors (Lipinski definition) is 9. The number of ether oxygens (including phenoxy) is 2. The summed E-state index contributed by atoms with van der Waals surface area (Å²) in [7, 11) is -0.235. The number of nitrogens with zero attached hydrogens (tertiary/aromatic N) is 5. The van der Waals surface area contributed by atoms with E-state index in [1.807, 2.05) is 0 Å². The van der Waals surface area contributed by atoms with Crippen molar-refractivity contribution in [2.75, 3.05) is 38.7 Å². The molecule has 2 atom stereocenters. The lowest BCUT2D eigenvalue weighted by Gasteiger charge is -2.52. The van der Waals surface area contributed by atoms with E-state index < -0.39 is 49.3 Å². The lowest BCUT2D eigenvalue weighted by atomic mass is 9.76. The number of carbonyl (C=O) groups excluding carboxylic acids is 3. The smallest absolute Gasteiger partial charge is 0.435 e. The summed E-state index contributed by atoms with van der Waals surface area (Å²) < 4.78 is 34.4. The molecule has 0 radical (unpaired) electrons. The maximum absolute atomic E-state index is 15.1. The second kappa shape index (κ2) is 14.2. The lowest BCUT2D eigenvalue weighted by Crippen LogP contribution is -2.65. The van der Waals surface area contributed by atoms with E-state index in [1.165, 1.54) is 11.1 Å². The van der Waals surface area contributed by atoms with Gasteiger partial charge in [-0.2, -0.15) is 9.78 Å². The number of carbonyl (C=O) groups is 3. The Hall–Kier alpha value is -2.94. The summed E-state index contributed by atoms with van der Waals surface area (Å²) in [6.07, 6.45) is 5.02. The zero-order chi connectivity index (χ0) is 36.7. The molecule has 2 saturated heterocycles. The van der Waals surface area contributed by atoms with Crippen LogP contribution < -0.4 is 5.32 Å². The molecule has 0 bridgehead atoms. The van der Waals surface area contributed by atoms with Gasteiger partial charge in [0, 0.05) is 26.6 Å². The zero-order valence-corrected chi connectivity index (χ0v) is 32.4. The van der Waals surface area contributed by atoms with Crippen molar-refractivity contribution in [2.24, 2.45) is 0 Å². The van der Waals surface area contributed by atoms with Gasteiger partial charge in [-0.1, -0.05) is 40.0 Å². The molecule has 0 aromatic carbocycles. The molecule has 1 saturated carbocycles. The first-order chi connectivity index (χ1) is 23.3. The van der Waals surface area contributed by atoms with Crippen LogP contribution in [0.2, 0.25) is 18.1 Å². The van der Waals surface area contributed by atoms with Gasteiger partial charge in [0.25, 0.3) is 0 Å². The number of fused-ring (bicyclic) bond motifs is 1. The van der Waals surface area contributed by atoms with E-state index in [-0.39, 0.29) is 29.7 Å². The Bertz CT molecular complexity index is 1550. The van der Waals surface area contributed by atoms with E-state index in [2.05, 4.69) is 54.2 Å². The SMILES string of the molecule is COC1(CO[Si](C)(C)C(C)(C)C)CCN(C2(C(=O)N3C[C@H](F)C[C@@H]3C(=O)Nc3ccc4c(cnn4C(=O)OC(C)(C)C)n3)CCCCC2)CC1. The normalized spacial score (nSPS) is 23.2. The van der Waals surface area contributed by atoms with E-state index in [4.69, 9.17) is 13.9 Å². The number of halogens is 1. The topological polar surface area (TPSA) is 128 Å². The highest BCUT2D eigenvalue weighted by Gasteiger charge is 2.53. The molecule has 278 valence electrons. The second-order valence-electron chi connectivity index (χ2n) is 16.9. The molecule has 50 heavy (non-hydrogen) atoms. The molecule has 14 heteroatoms. The van der Waals surface area contributed by atoms with Crippen molar-refractivity contribution in [2.45, 2.75) is 140 Å². The van der Waals surface area contributed by atoms with Crippen molar-refractivity contribution in [3.05, 3.63) is 18.3 Å². The van der Waals surface area contributed by atoms with Crippen molar-refractivity contribution in [1.29, 1.82) is 0 Å². The van der Waals surface area contributed by atoms with E-state index in [1.54, 1.807) is 40.0 Å². The third-order valence-electron chi connectivity index (χ3n) is 11.4. The number of piperidine rings is 1. The number of methoxy groups -OCH3 is 1. The van der Waals surface area contributed by atoms with Crippen molar-refractivity contribution < 1.29 is 32.7 Å². The van der Waals surface area contributed by atoms with Gasteiger partial charge in [0.05, 0.1) is 30.5 Å². The van der Waals surface area contributed by atoms with E-state index >= 15 is 4.39 Å². The number of aromatic nitrogens is 3. The summed E-state index contributed by atoms with van der Waals surface area (Å²) in [5.74, 6) is -0.433. The highest BCUT2D eigenvalue weighted by Crippen LogP contribution is 2.42. The van der Waals surface area contributed by atoms with Crippen molar-refractivity contribution >= 4 is 43.1 Å². The van der Waals surface area contributed by atoms with Gasteiger partial charge in [-0.25, -0.2) is 14.2 Å². The van der Waals surface area contributed by atoms with E-state index in [0.29, 0.717) is 43.6 Å². The molecule has 2 aliphatic heterocycles. The fraction of sp³-hybridized carbons (Fsp3) is 0.750. The fourth-order valence-electron chi connectivity index (χ4n) is 7.25. The molecule has 2 aromatic rings. The zero-order valence-electron chi connectivity index (χ0n) is 31.4. The largest absolute Gasteiger partial charge is 0.442 e. The minimum Gasteiger partial charge on any atom is -0.442 e. The average molecular weight is 717 g/mol. The lowest BCUT2D eigenvalue weighted by molar-refractivity contribution is -0.157. The van der Waals surface area contributed by atoms with Gasteiger partial charge in [0.2, 0.25) is 11.8 Å². The molecular formula is C36H57FN6O6Si. The highest BCUT2D eigenvalue weighted by atomic mass is 28.4. The monoisotopic (exact) mass is 716 g/mol. The molecule has 3 aliphatic rings. The minimum absolute atomic E-state index is 0.0793. The van der Waals surface area contributed by atoms with Gasteiger partial charge in [-0.05, 0) is 76.7 Å². The summed E-state index contributed by atoms with van der Waals surface area (Å²) in [5, 5.41) is 7.01. The molecule has 12 nitrogen and oxygen atoms in total. The molecular weight excluding hydrogens is 660 g/mol. The fourth-order valence-corrected chi connectivity index (χ4v) is 8.31. The van der Waals surface area contributed by atoms with E-state index in [0.717, 1.165) is 36.8 Å². The Labute approximate surface area is 296 Å². The molecule has 0 spiro atoms. The van der Waals surface area contributed by atoms with Crippen molar-refractivity contribution in [3.8, 4) is 0 Å². The Kier molecular flexibility index (Phi) is 10.9. The quantitative estimate of drug-likeness (QED) is 0.313. The van der Waals surface area contributed by atoms with Crippen LogP contribution >= 0.6 is 0 Å². The number of likely N-dealkylation sites (tertiary alicyclic amines) is 2. The van der Waals surface area contributed by atoms with Gasteiger partial charge >= 0.3 is 6.09 Å². The van der Waals surface area contributed by atoms with Crippen LogP contribution in [0.5, 0.6) is 0 Å². The van der Waals surface area contributed by atoms with Crippen LogP contribution in [-0.4, -0.2) is 113 Å². The molecule has 0 unspecified atom stereocenters.